The predicted molar refractivity (Wildman–Crippen MR) is 61.7 cm³/mol. The van der Waals surface area contributed by atoms with Crippen molar-refractivity contribution in [3.63, 3.8) is 0 Å². The van der Waals surface area contributed by atoms with Crippen LogP contribution in [0, 0.1) is 33.3 Å². The van der Waals surface area contributed by atoms with Crippen molar-refractivity contribution in [3.8, 4) is 0 Å². The molecule has 90 valence electrons. The minimum absolute atomic E-state index is 0.0847. The molecule has 4 bridgehead atoms. The Morgan fingerprint density at radius 1 is 1.19 bits per heavy atom. The maximum absolute atomic E-state index is 10.8. The molecular weight excluding hydrogens is 202 g/mol. The summed E-state index contributed by atoms with van der Waals surface area (Å²) >= 11 is 0. The Morgan fingerprint density at radius 2 is 1.62 bits per heavy atom. The van der Waals surface area contributed by atoms with Gasteiger partial charge in [0.25, 0.3) is 0 Å². The molecule has 3 nitrogen and oxygen atoms in total. The van der Waals surface area contributed by atoms with Crippen molar-refractivity contribution < 1.29 is 4.92 Å². The number of rotatable bonds is 3. The highest BCUT2D eigenvalue weighted by molar-refractivity contribution is 5.01. The Hall–Kier alpha value is -0.600. The molecule has 4 aliphatic rings. The van der Waals surface area contributed by atoms with Gasteiger partial charge in [-0.15, -0.1) is 0 Å². The zero-order chi connectivity index (χ0) is 11.3. The molecule has 0 radical (unpaired) electrons. The monoisotopic (exact) mass is 223 g/mol. The van der Waals surface area contributed by atoms with Gasteiger partial charge in [-0.3, -0.25) is 10.1 Å². The second kappa shape index (κ2) is 3.44. The molecule has 4 rings (SSSR count). The predicted octanol–water partition coefficient (Wildman–Crippen LogP) is 3.26. The zero-order valence-electron chi connectivity index (χ0n) is 10.0. The first-order chi connectivity index (χ1) is 7.56. The Balaban J connectivity index is 1.76. The molecule has 0 N–H and O–H groups in total. The van der Waals surface area contributed by atoms with Crippen molar-refractivity contribution in [1.29, 1.82) is 0 Å². The molecule has 0 saturated heterocycles. The molecule has 0 aromatic heterocycles. The van der Waals surface area contributed by atoms with Crippen LogP contribution in [0.5, 0.6) is 0 Å². The van der Waals surface area contributed by atoms with E-state index in [0.29, 0.717) is 5.41 Å². The number of nitrogens with zero attached hydrogens (tertiary/aromatic N) is 1. The highest BCUT2D eigenvalue weighted by atomic mass is 16.6. The summed E-state index contributed by atoms with van der Waals surface area (Å²) in [4.78, 5) is 10.7. The quantitative estimate of drug-likeness (QED) is 0.544. The normalized spacial score (nSPS) is 46.9. The highest BCUT2D eigenvalue weighted by Crippen LogP contribution is 2.61. The average molecular weight is 223 g/mol. The van der Waals surface area contributed by atoms with Gasteiger partial charge in [0.2, 0.25) is 6.04 Å². The molecule has 0 spiro atoms. The fourth-order valence-electron chi connectivity index (χ4n) is 5.24. The van der Waals surface area contributed by atoms with Crippen molar-refractivity contribution in [2.45, 2.75) is 57.9 Å². The van der Waals surface area contributed by atoms with Gasteiger partial charge in [0, 0.05) is 18.3 Å². The van der Waals surface area contributed by atoms with Crippen LogP contribution in [0.25, 0.3) is 0 Å². The van der Waals surface area contributed by atoms with E-state index < -0.39 is 0 Å². The summed E-state index contributed by atoms with van der Waals surface area (Å²) in [6, 6.07) is -0.337. The first-order valence-corrected chi connectivity index (χ1v) is 6.70. The summed E-state index contributed by atoms with van der Waals surface area (Å²) in [6.45, 7) is 1.79. The lowest BCUT2D eigenvalue weighted by atomic mass is 9.48. The first-order valence-electron chi connectivity index (χ1n) is 6.70. The maximum Gasteiger partial charge on any atom is 0.210 e. The molecule has 4 fully saturated rings. The fraction of sp³-hybridized carbons (Fsp3) is 1.00. The fourth-order valence-corrected chi connectivity index (χ4v) is 5.24. The van der Waals surface area contributed by atoms with E-state index in [1.54, 1.807) is 6.92 Å². The molecule has 0 aliphatic heterocycles. The molecule has 1 atom stereocenters. The zero-order valence-corrected chi connectivity index (χ0v) is 10.0. The Bertz CT molecular complexity index is 278. The molecule has 0 amide bonds. The van der Waals surface area contributed by atoms with Crippen molar-refractivity contribution in [2.24, 2.45) is 23.2 Å². The molecule has 4 aliphatic carbocycles. The van der Waals surface area contributed by atoms with E-state index >= 15 is 0 Å². The van der Waals surface area contributed by atoms with Crippen LogP contribution in [0.3, 0.4) is 0 Å². The third-order valence-corrected chi connectivity index (χ3v) is 5.25. The summed E-state index contributed by atoms with van der Waals surface area (Å²) < 4.78 is 0. The summed E-state index contributed by atoms with van der Waals surface area (Å²) in [5, 5.41) is 10.8. The van der Waals surface area contributed by atoms with Crippen molar-refractivity contribution >= 4 is 0 Å². The van der Waals surface area contributed by atoms with Crippen molar-refractivity contribution in [2.75, 3.05) is 0 Å². The van der Waals surface area contributed by atoms with Crippen molar-refractivity contribution in [3.05, 3.63) is 10.1 Å². The average Bonchev–Trinajstić information content (AvgIpc) is 2.13. The van der Waals surface area contributed by atoms with Gasteiger partial charge in [-0.1, -0.05) is 0 Å². The van der Waals surface area contributed by atoms with Crippen LogP contribution >= 0.6 is 0 Å². The molecule has 0 heterocycles. The summed E-state index contributed by atoms with van der Waals surface area (Å²) in [5.41, 5.74) is 0.362. The van der Waals surface area contributed by atoms with Gasteiger partial charge in [-0.25, -0.2) is 0 Å². The Morgan fingerprint density at radius 3 is 2.00 bits per heavy atom. The van der Waals surface area contributed by atoms with Gasteiger partial charge < -0.3 is 0 Å². The Labute approximate surface area is 96.8 Å². The van der Waals surface area contributed by atoms with Crippen LogP contribution in [-0.2, 0) is 0 Å². The molecule has 4 saturated carbocycles. The number of nitro groups is 1. The van der Waals surface area contributed by atoms with E-state index in [9.17, 15) is 10.1 Å². The summed E-state index contributed by atoms with van der Waals surface area (Å²) in [6.07, 6.45) is 8.97. The topological polar surface area (TPSA) is 43.1 Å². The van der Waals surface area contributed by atoms with Gasteiger partial charge >= 0.3 is 0 Å². The highest BCUT2D eigenvalue weighted by Gasteiger charge is 2.52. The third-order valence-electron chi connectivity index (χ3n) is 5.25. The summed E-state index contributed by atoms with van der Waals surface area (Å²) in [7, 11) is 0. The van der Waals surface area contributed by atoms with E-state index in [-0.39, 0.29) is 11.0 Å². The lowest BCUT2D eigenvalue weighted by molar-refractivity contribution is -0.522. The van der Waals surface area contributed by atoms with Crippen LogP contribution in [0.1, 0.15) is 51.9 Å². The van der Waals surface area contributed by atoms with Gasteiger partial charge in [0.1, 0.15) is 0 Å². The SMILES string of the molecule is CC(CC12CC3CC(CC(C3)C1)C2)[N+](=O)[O-]. The summed E-state index contributed by atoms with van der Waals surface area (Å²) in [5.74, 6) is 2.72. The Kier molecular flexibility index (Phi) is 2.27. The maximum atomic E-state index is 10.8. The molecule has 3 heteroatoms. The van der Waals surface area contributed by atoms with Crippen LogP contribution in [0.15, 0.2) is 0 Å². The molecule has 1 unspecified atom stereocenters. The van der Waals surface area contributed by atoms with Gasteiger partial charge in [-0.2, -0.15) is 0 Å². The van der Waals surface area contributed by atoms with Gasteiger partial charge in [0.05, 0.1) is 0 Å². The number of hydrogen-bond acceptors (Lipinski definition) is 2. The smallest absolute Gasteiger partial charge is 0.210 e. The second-order valence-electron chi connectivity index (χ2n) is 6.76. The lowest BCUT2D eigenvalue weighted by Crippen LogP contribution is -2.47. The van der Waals surface area contributed by atoms with Gasteiger partial charge in [-0.05, 0) is 61.7 Å². The van der Waals surface area contributed by atoms with E-state index in [0.717, 1.165) is 24.2 Å². The van der Waals surface area contributed by atoms with Crippen LogP contribution < -0.4 is 0 Å². The second-order valence-corrected chi connectivity index (χ2v) is 6.76. The van der Waals surface area contributed by atoms with E-state index in [1.807, 2.05) is 0 Å². The minimum atomic E-state index is -0.337. The molecule has 0 aromatic carbocycles. The first kappa shape index (κ1) is 10.5. The van der Waals surface area contributed by atoms with Crippen molar-refractivity contribution in [1.82, 2.24) is 0 Å². The lowest BCUT2D eigenvalue weighted by Gasteiger charge is -2.57. The largest absolute Gasteiger partial charge is 0.264 e. The van der Waals surface area contributed by atoms with E-state index in [1.165, 1.54) is 38.5 Å². The molecule has 0 aromatic rings. The van der Waals surface area contributed by atoms with Gasteiger partial charge in [0.15, 0.2) is 0 Å². The molecular formula is C13H21NO2. The van der Waals surface area contributed by atoms with E-state index in [4.69, 9.17) is 0 Å². The van der Waals surface area contributed by atoms with Crippen LogP contribution in [0.2, 0.25) is 0 Å². The third kappa shape index (κ3) is 1.64. The van der Waals surface area contributed by atoms with Crippen LogP contribution in [0.4, 0.5) is 0 Å². The molecule has 16 heavy (non-hydrogen) atoms. The standard InChI is InChI=1S/C13H21NO2/c1-9(14(15)16)5-13-6-10-2-11(7-13)4-12(3-10)8-13/h9-12H,2-8H2,1H3. The van der Waals surface area contributed by atoms with E-state index in [2.05, 4.69) is 0 Å². The number of hydrogen-bond donors (Lipinski definition) is 0. The van der Waals surface area contributed by atoms with Crippen LogP contribution in [-0.4, -0.2) is 11.0 Å². The minimum Gasteiger partial charge on any atom is -0.264 e.